The van der Waals surface area contributed by atoms with Crippen molar-refractivity contribution < 1.29 is 9.59 Å². The number of nitrogens with one attached hydrogen (secondary N) is 1. The van der Waals surface area contributed by atoms with E-state index in [0.717, 1.165) is 15.8 Å². The van der Waals surface area contributed by atoms with Gasteiger partial charge >= 0.3 is 0 Å². The first-order valence-electron chi connectivity index (χ1n) is 5.76. The number of amidine groups is 1. The molecule has 2 rings (SSSR count). The van der Waals surface area contributed by atoms with E-state index in [1.165, 1.54) is 7.05 Å². The van der Waals surface area contributed by atoms with Gasteiger partial charge in [0.05, 0.1) is 6.42 Å². The van der Waals surface area contributed by atoms with E-state index in [4.69, 9.17) is 0 Å². The number of carbonyl (C=O) groups is 2. The fourth-order valence-corrected chi connectivity index (χ4v) is 3.06. The number of thioether (sulfide) groups is 1. The molecule has 2 atom stereocenters. The highest BCUT2D eigenvalue weighted by molar-refractivity contribution is 8.14. The highest BCUT2D eigenvalue weighted by Gasteiger charge is 2.37. The normalized spacial score (nSPS) is 31.8. The zero-order chi connectivity index (χ0) is 12.6. The van der Waals surface area contributed by atoms with Crippen LogP contribution >= 0.6 is 11.8 Å². The quantitative estimate of drug-likeness (QED) is 0.728. The smallest absolute Gasteiger partial charge is 0.254 e. The van der Waals surface area contributed by atoms with Crippen LogP contribution in [0.15, 0.2) is 4.99 Å². The van der Waals surface area contributed by atoms with E-state index in [2.05, 4.69) is 24.2 Å². The summed E-state index contributed by atoms with van der Waals surface area (Å²) in [5.41, 5.74) is 0. The molecule has 0 spiro atoms. The first-order chi connectivity index (χ1) is 7.99. The fourth-order valence-electron chi connectivity index (χ4n) is 1.82. The maximum atomic E-state index is 11.7. The standard InChI is InChI=1S/C11H17N3O2S/c1-6(2)8-5-17-11(13-8)12-7-4-9(15)14(3)10(7)16/h6-8H,4-5H2,1-3H3,(H,12,13). The molecule has 1 N–H and O–H groups in total. The fraction of sp³-hybridized carbons (Fsp3) is 0.727. The van der Waals surface area contributed by atoms with Crippen molar-refractivity contribution in [1.29, 1.82) is 0 Å². The Hall–Kier alpha value is -1.04. The second-order valence-corrected chi connectivity index (χ2v) is 5.76. The van der Waals surface area contributed by atoms with E-state index < -0.39 is 6.04 Å². The Morgan fingerprint density at radius 1 is 1.47 bits per heavy atom. The zero-order valence-corrected chi connectivity index (χ0v) is 11.1. The lowest BCUT2D eigenvalue weighted by molar-refractivity contribution is -0.136. The summed E-state index contributed by atoms with van der Waals surface area (Å²) in [4.78, 5) is 28.5. The Morgan fingerprint density at radius 3 is 2.65 bits per heavy atom. The van der Waals surface area contributed by atoms with E-state index in [9.17, 15) is 9.59 Å². The summed E-state index contributed by atoms with van der Waals surface area (Å²) in [6.07, 6.45) is 0.202. The minimum absolute atomic E-state index is 0.146. The van der Waals surface area contributed by atoms with Crippen LogP contribution in [0.5, 0.6) is 0 Å². The van der Waals surface area contributed by atoms with Crippen molar-refractivity contribution in [2.24, 2.45) is 10.9 Å². The molecular weight excluding hydrogens is 238 g/mol. The molecule has 0 aromatic rings. The highest BCUT2D eigenvalue weighted by atomic mass is 32.2. The zero-order valence-electron chi connectivity index (χ0n) is 10.3. The molecule has 0 aromatic carbocycles. The Labute approximate surface area is 105 Å². The molecule has 2 heterocycles. The molecule has 5 nitrogen and oxygen atoms in total. The molecular formula is C11H17N3O2S. The molecule has 0 aromatic heterocycles. The van der Waals surface area contributed by atoms with Gasteiger partial charge in [0.1, 0.15) is 6.04 Å². The number of hydrogen-bond donors (Lipinski definition) is 1. The van der Waals surface area contributed by atoms with Crippen LogP contribution in [0.1, 0.15) is 20.3 Å². The molecule has 2 amide bonds. The number of imide groups is 1. The third-order valence-corrected chi connectivity index (χ3v) is 4.17. The summed E-state index contributed by atoms with van der Waals surface area (Å²) in [7, 11) is 1.51. The summed E-state index contributed by atoms with van der Waals surface area (Å²) in [6, 6.07) is -0.114. The summed E-state index contributed by atoms with van der Waals surface area (Å²) in [5, 5.41) is 4.09. The third-order valence-electron chi connectivity index (χ3n) is 3.14. The number of likely N-dealkylation sites (N-methyl/N-ethyl adjacent to an activating group) is 1. The molecule has 2 unspecified atom stereocenters. The number of amides is 2. The maximum absolute atomic E-state index is 11.7. The van der Waals surface area contributed by atoms with Crippen LogP contribution in [-0.2, 0) is 9.59 Å². The Balaban J connectivity index is 2.02. The Bertz CT molecular complexity index is 381. The van der Waals surface area contributed by atoms with Gasteiger partial charge < -0.3 is 5.32 Å². The monoisotopic (exact) mass is 255 g/mol. The van der Waals surface area contributed by atoms with Crippen molar-refractivity contribution in [3.8, 4) is 0 Å². The van der Waals surface area contributed by atoms with Crippen LogP contribution in [0.25, 0.3) is 0 Å². The lowest BCUT2D eigenvalue weighted by Gasteiger charge is -2.13. The molecule has 0 aliphatic carbocycles. The van der Waals surface area contributed by atoms with E-state index in [-0.39, 0.29) is 18.2 Å². The van der Waals surface area contributed by atoms with Gasteiger partial charge in [-0.1, -0.05) is 25.6 Å². The average Bonchev–Trinajstić information content (AvgIpc) is 2.82. The van der Waals surface area contributed by atoms with Crippen molar-refractivity contribution in [2.45, 2.75) is 32.4 Å². The predicted octanol–water partition coefficient (Wildman–Crippen LogP) is 0.461. The molecule has 94 valence electrons. The number of hydrogen-bond acceptors (Lipinski definition) is 4. The summed E-state index contributed by atoms with van der Waals surface area (Å²) in [6.45, 7) is 4.30. The predicted molar refractivity (Wildman–Crippen MR) is 67.8 cm³/mol. The van der Waals surface area contributed by atoms with Crippen LogP contribution in [0.4, 0.5) is 0 Å². The minimum Gasteiger partial charge on any atom is -0.361 e. The molecule has 2 aliphatic rings. The molecule has 2 aliphatic heterocycles. The summed E-state index contributed by atoms with van der Waals surface area (Å²) >= 11 is 1.63. The molecule has 0 saturated carbocycles. The molecule has 2 fully saturated rings. The van der Waals surface area contributed by atoms with Crippen LogP contribution in [0.3, 0.4) is 0 Å². The second-order valence-electron chi connectivity index (χ2n) is 4.75. The number of nitrogens with zero attached hydrogens (tertiary/aromatic N) is 2. The van der Waals surface area contributed by atoms with Gasteiger partial charge in [0.2, 0.25) is 5.91 Å². The third kappa shape index (κ3) is 2.46. The lowest BCUT2D eigenvalue weighted by atomic mass is 10.1. The SMILES string of the molecule is CC(C)C1CSC(=NC2CC(=O)N(C)C2=O)N1. The van der Waals surface area contributed by atoms with Crippen LogP contribution < -0.4 is 5.32 Å². The van der Waals surface area contributed by atoms with Gasteiger partial charge in [0, 0.05) is 18.8 Å². The van der Waals surface area contributed by atoms with Gasteiger partial charge in [0.25, 0.3) is 5.91 Å². The van der Waals surface area contributed by atoms with Crippen molar-refractivity contribution in [3.63, 3.8) is 0 Å². The molecule has 2 saturated heterocycles. The summed E-state index contributed by atoms with van der Waals surface area (Å²) in [5.74, 6) is 1.17. The second kappa shape index (κ2) is 4.68. The Morgan fingerprint density at radius 2 is 2.18 bits per heavy atom. The maximum Gasteiger partial charge on any atom is 0.254 e. The number of carbonyl (C=O) groups excluding carboxylic acids is 2. The van der Waals surface area contributed by atoms with E-state index in [1.807, 2.05) is 0 Å². The van der Waals surface area contributed by atoms with Gasteiger partial charge in [-0.05, 0) is 5.92 Å². The number of aliphatic imine (C=N–C) groups is 1. The van der Waals surface area contributed by atoms with Crippen molar-refractivity contribution in [1.82, 2.24) is 10.2 Å². The van der Waals surface area contributed by atoms with Crippen LogP contribution in [-0.4, -0.2) is 46.8 Å². The average molecular weight is 255 g/mol. The molecule has 0 bridgehead atoms. The van der Waals surface area contributed by atoms with E-state index >= 15 is 0 Å². The first-order valence-corrected chi connectivity index (χ1v) is 6.75. The van der Waals surface area contributed by atoms with E-state index in [1.54, 1.807) is 11.8 Å². The van der Waals surface area contributed by atoms with Gasteiger partial charge in [-0.25, -0.2) is 4.99 Å². The lowest BCUT2D eigenvalue weighted by Crippen LogP contribution is -2.33. The van der Waals surface area contributed by atoms with Gasteiger partial charge in [-0.15, -0.1) is 0 Å². The van der Waals surface area contributed by atoms with Gasteiger partial charge in [-0.3, -0.25) is 14.5 Å². The van der Waals surface area contributed by atoms with Crippen molar-refractivity contribution >= 4 is 28.7 Å². The van der Waals surface area contributed by atoms with Gasteiger partial charge in [0.15, 0.2) is 5.17 Å². The molecule has 0 radical (unpaired) electrons. The largest absolute Gasteiger partial charge is 0.361 e. The van der Waals surface area contributed by atoms with Crippen LogP contribution in [0, 0.1) is 5.92 Å². The Kier molecular flexibility index (Phi) is 3.42. The molecule has 17 heavy (non-hydrogen) atoms. The summed E-state index contributed by atoms with van der Waals surface area (Å²) < 4.78 is 0. The highest BCUT2D eigenvalue weighted by Crippen LogP contribution is 2.22. The van der Waals surface area contributed by atoms with Crippen molar-refractivity contribution in [2.75, 3.05) is 12.8 Å². The minimum atomic E-state index is -0.520. The van der Waals surface area contributed by atoms with E-state index in [0.29, 0.717) is 12.0 Å². The number of likely N-dealkylation sites (tertiary alicyclic amines) is 1. The van der Waals surface area contributed by atoms with Crippen LogP contribution in [0.2, 0.25) is 0 Å². The first kappa shape index (κ1) is 12.4. The number of rotatable bonds is 2. The van der Waals surface area contributed by atoms with Gasteiger partial charge in [-0.2, -0.15) is 0 Å². The topological polar surface area (TPSA) is 61.8 Å². The molecule has 6 heteroatoms. The van der Waals surface area contributed by atoms with Crippen molar-refractivity contribution in [3.05, 3.63) is 0 Å².